The number of unbranched alkanes of at least 4 members (excludes halogenated alkanes) is 5. The first-order chi connectivity index (χ1) is 9.31. The van der Waals surface area contributed by atoms with Crippen LogP contribution in [-0.2, 0) is 17.8 Å². The van der Waals surface area contributed by atoms with E-state index in [0.717, 1.165) is 32.4 Å². The van der Waals surface area contributed by atoms with Gasteiger partial charge in [0.15, 0.2) is 0 Å². The van der Waals surface area contributed by atoms with Gasteiger partial charge in [-0.2, -0.15) is 0 Å². The van der Waals surface area contributed by atoms with Crippen LogP contribution in [0.2, 0.25) is 0 Å². The molecule has 1 aliphatic heterocycles. The molecule has 0 spiro atoms. The summed E-state index contributed by atoms with van der Waals surface area (Å²) in [5, 5.41) is 2.15. The van der Waals surface area contributed by atoms with Gasteiger partial charge in [0.2, 0.25) is 5.91 Å². The van der Waals surface area contributed by atoms with Gasteiger partial charge in [0.25, 0.3) is 0 Å². The fourth-order valence-electron chi connectivity index (χ4n) is 2.68. The minimum absolute atomic E-state index is 0.354. The first kappa shape index (κ1) is 14.6. The van der Waals surface area contributed by atoms with Crippen molar-refractivity contribution in [2.75, 3.05) is 6.54 Å². The Bertz CT molecular complexity index is 399. The van der Waals surface area contributed by atoms with E-state index >= 15 is 0 Å². The highest BCUT2D eigenvalue weighted by Crippen LogP contribution is 2.24. The summed E-state index contributed by atoms with van der Waals surface area (Å²) < 4.78 is 0. The smallest absolute Gasteiger partial charge is 0.222 e. The lowest BCUT2D eigenvalue weighted by Crippen LogP contribution is -2.35. The van der Waals surface area contributed by atoms with Crippen LogP contribution in [0.15, 0.2) is 11.4 Å². The molecular weight excluding hydrogens is 254 g/mol. The third kappa shape index (κ3) is 4.34. The quantitative estimate of drug-likeness (QED) is 0.678. The summed E-state index contributed by atoms with van der Waals surface area (Å²) in [6.45, 7) is 3.99. The average molecular weight is 279 g/mol. The monoisotopic (exact) mass is 279 g/mol. The van der Waals surface area contributed by atoms with Gasteiger partial charge in [0.1, 0.15) is 0 Å². The van der Waals surface area contributed by atoms with Crippen LogP contribution in [0.4, 0.5) is 0 Å². The number of hydrogen-bond donors (Lipinski definition) is 0. The van der Waals surface area contributed by atoms with Crippen LogP contribution in [0.3, 0.4) is 0 Å². The number of carbonyl (C=O) groups excluding carboxylic acids is 1. The van der Waals surface area contributed by atoms with Crippen molar-refractivity contribution in [3.05, 3.63) is 21.9 Å². The maximum absolute atomic E-state index is 12.1. The van der Waals surface area contributed by atoms with E-state index in [2.05, 4.69) is 18.4 Å². The SMILES string of the molecule is CCCCCCCCC(=O)N1CCc2sccc2C1. The maximum atomic E-state index is 12.1. The predicted octanol–water partition coefficient (Wildman–Crippen LogP) is 4.38. The average Bonchev–Trinajstić information content (AvgIpc) is 2.89. The molecule has 2 rings (SSSR count). The molecule has 106 valence electrons. The minimum Gasteiger partial charge on any atom is -0.338 e. The highest BCUT2D eigenvalue weighted by atomic mass is 32.1. The summed E-state index contributed by atoms with van der Waals surface area (Å²) in [6.07, 6.45) is 9.30. The van der Waals surface area contributed by atoms with Crippen molar-refractivity contribution in [2.24, 2.45) is 0 Å². The summed E-state index contributed by atoms with van der Waals surface area (Å²) in [4.78, 5) is 15.7. The normalized spacial score (nSPS) is 14.5. The van der Waals surface area contributed by atoms with Crippen LogP contribution >= 0.6 is 11.3 Å². The number of fused-ring (bicyclic) bond motifs is 1. The van der Waals surface area contributed by atoms with E-state index in [1.165, 1.54) is 42.5 Å². The zero-order valence-electron chi connectivity index (χ0n) is 12.0. The molecule has 0 atom stereocenters. The number of hydrogen-bond acceptors (Lipinski definition) is 2. The number of amides is 1. The minimum atomic E-state index is 0.354. The second-order valence-electron chi connectivity index (χ2n) is 5.45. The van der Waals surface area contributed by atoms with Crippen molar-refractivity contribution in [1.29, 1.82) is 0 Å². The van der Waals surface area contributed by atoms with Crippen LogP contribution < -0.4 is 0 Å². The summed E-state index contributed by atoms with van der Waals surface area (Å²) in [5.74, 6) is 0.354. The fraction of sp³-hybridized carbons (Fsp3) is 0.688. The molecule has 0 saturated heterocycles. The van der Waals surface area contributed by atoms with Gasteiger partial charge in [-0.3, -0.25) is 4.79 Å². The molecule has 2 heterocycles. The van der Waals surface area contributed by atoms with E-state index in [4.69, 9.17) is 0 Å². The van der Waals surface area contributed by atoms with Crippen LogP contribution in [0, 0.1) is 0 Å². The van der Waals surface area contributed by atoms with E-state index in [0.29, 0.717) is 5.91 Å². The number of carbonyl (C=O) groups is 1. The van der Waals surface area contributed by atoms with Gasteiger partial charge in [0, 0.05) is 24.4 Å². The van der Waals surface area contributed by atoms with E-state index < -0.39 is 0 Å². The Balaban J connectivity index is 1.64. The molecule has 0 fully saturated rings. The molecule has 1 aromatic heterocycles. The third-order valence-corrected chi connectivity index (χ3v) is 4.93. The molecule has 0 bridgehead atoms. The molecule has 1 aliphatic rings. The molecule has 1 amide bonds. The van der Waals surface area contributed by atoms with Gasteiger partial charge < -0.3 is 4.90 Å². The van der Waals surface area contributed by atoms with Crippen LogP contribution in [0.25, 0.3) is 0 Å². The Labute approximate surface area is 120 Å². The largest absolute Gasteiger partial charge is 0.338 e. The lowest BCUT2D eigenvalue weighted by Gasteiger charge is -2.27. The maximum Gasteiger partial charge on any atom is 0.222 e. The molecule has 0 aliphatic carbocycles. The van der Waals surface area contributed by atoms with Crippen LogP contribution in [0.1, 0.15) is 62.3 Å². The fourth-order valence-corrected chi connectivity index (χ4v) is 3.57. The molecule has 2 nitrogen and oxygen atoms in total. The Morgan fingerprint density at radius 1 is 1.26 bits per heavy atom. The first-order valence-electron chi connectivity index (χ1n) is 7.64. The second-order valence-corrected chi connectivity index (χ2v) is 6.45. The van der Waals surface area contributed by atoms with E-state index in [9.17, 15) is 4.79 Å². The van der Waals surface area contributed by atoms with Crippen molar-refractivity contribution >= 4 is 17.2 Å². The second kappa shape index (κ2) is 7.68. The van der Waals surface area contributed by atoms with Gasteiger partial charge >= 0.3 is 0 Å². The van der Waals surface area contributed by atoms with Crippen LogP contribution in [0.5, 0.6) is 0 Å². The zero-order chi connectivity index (χ0) is 13.5. The van der Waals surface area contributed by atoms with Gasteiger partial charge in [-0.25, -0.2) is 0 Å². The van der Waals surface area contributed by atoms with Crippen molar-refractivity contribution in [2.45, 2.75) is 64.8 Å². The Morgan fingerprint density at radius 3 is 2.89 bits per heavy atom. The highest BCUT2D eigenvalue weighted by Gasteiger charge is 2.20. The number of rotatable bonds is 7. The molecule has 0 aromatic carbocycles. The number of thiophene rings is 1. The Hall–Kier alpha value is -0.830. The molecule has 1 aromatic rings. The van der Waals surface area contributed by atoms with E-state index in [-0.39, 0.29) is 0 Å². The summed E-state index contributed by atoms with van der Waals surface area (Å²) >= 11 is 1.83. The van der Waals surface area contributed by atoms with Crippen LogP contribution in [-0.4, -0.2) is 17.4 Å². The Morgan fingerprint density at radius 2 is 2.05 bits per heavy atom. The van der Waals surface area contributed by atoms with Crippen molar-refractivity contribution < 1.29 is 4.79 Å². The lowest BCUT2D eigenvalue weighted by atomic mass is 10.1. The standard InChI is InChI=1S/C16H25NOS/c1-2-3-4-5-6-7-8-16(18)17-11-9-15-14(13-17)10-12-19-15/h10,12H,2-9,11,13H2,1H3. The van der Waals surface area contributed by atoms with Crippen molar-refractivity contribution in [3.63, 3.8) is 0 Å². The molecule has 0 unspecified atom stereocenters. The molecule has 19 heavy (non-hydrogen) atoms. The molecule has 0 saturated carbocycles. The summed E-state index contributed by atoms with van der Waals surface area (Å²) in [5.41, 5.74) is 1.37. The van der Waals surface area contributed by atoms with Crippen molar-refractivity contribution in [3.8, 4) is 0 Å². The Kier molecular flexibility index (Phi) is 5.90. The molecular formula is C16H25NOS. The van der Waals surface area contributed by atoms with Crippen molar-refractivity contribution in [1.82, 2.24) is 4.90 Å². The first-order valence-corrected chi connectivity index (χ1v) is 8.52. The van der Waals surface area contributed by atoms with E-state index in [1.54, 1.807) is 0 Å². The topological polar surface area (TPSA) is 20.3 Å². The predicted molar refractivity (Wildman–Crippen MR) is 81.4 cm³/mol. The lowest BCUT2D eigenvalue weighted by molar-refractivity contribution is -0.132. The highest BCUT2D eigenvalue weighted by molar-refractivity contribution is 7.10. The van der Waals surface area contributed by atoms with Gasteiger partial charge in [-0.1, -0.05) is 39.0 Å². The molecule has 3 heteroatoms. The summed E-state index contributed by atoms with van der Waals surface area (Å²) in [7, 11) is 0. The summed E-state index contributed by atoms with van der Waals surface area (Å²) in [6, 6.07) is 2.17. The van der Waals surface area contributed by atoms with Gasteiger partial charge in [-0.15, -0.1) is 11.3 Å². The van der Waals surface area contributed by atoms with Gasteiger partial charge in [-0.05, 0) is 29.9 Å². The van der Waals surface area contributed by atoms with Gasteiger partial charge in [0.05, 0.1) is 0 Å². The number of nitrogens with zero attached hydrogens (tertiary/aromatic N) is 1. The third-order valence-electron chi connectivity index (χ3n) is 3.90. The van der Waals surface area contributed by atoms with E-state index in [1.807, 2.05) is 16.2 Å². The zero-order valence-corrected chi connectivity index (χ0v) is 12.8. The molecule has 0 N–H and O–H groups in total. The molecule has 0 radical (unpaired) electrons.